The standard InChI is InChI=1S/C62H70O38/c63-16-33-40(70)45(75)50(80)58(96-33)90-24-6-1-21(2-7-24)56(85)88-19-36-43(73)47(77)52(82)60(98-36)92-26-12-29(66)27-14-32(95-62-54(84)48(78)42(72)35(99-62)18-87-39(69)15-38(67)68)55(93-30(27)13-26)23-5-10-28(65)31(11-23)94-61-53(83)49(79)44(74)37(100-61)20-89-57(86)22-3-8-25(9-4-22)91-59-51(81)46(76)41(71)34(17-64)97-59/h1-14,33-37,40-54,58-64,70-84H,15-20H2,(H2-,65,66,67,68)/p+1. The van der Waals surface area contributed by atoms with Gasteiger partial charge < -0.3 is 164 Å². The van der Waals surface area contributed by atoms with E-state index in [-0.39, 0.29) is 39.2 Å². The number of hydrogen-bond donors (Lipinski definition) is 20. The Labute approximate surface area is 561 Å². The largest absolute Gasteiger partial charge is 0.507 e. The van der Waals surface area contributed by atoms with Crippen molar-refractivity contribution in [2.45, 2.75) is 160 Å². The van der Waals surface area contributed by atoms with Gasteiger partial charge in [-0.05, 0) is 60.7 Å². The first-order valence-electron chi connectivity index (χ1n) is 30.5. The van der Waals surface area contributed by atoms with Crippen molar-refractivity contribution in [1.29, 1.82) is 0 Å². The molecule has 6 heterocycles. The molecule has 0 saturated carbocycles. The zero-order valence-corrected chi connectivity index (χ0v) is 51.6. The number of aliphatic hydroxyl groups is 17. The summed E-state index contributed by atoms with van der Waals surface area (Å²) in [6.07, 6.45) is -46.5. The van der Waals surface area contributed by atoms with E-state index in [1.54, 1.807) is 0 Å². The second-order valence-electron chi connectivity index (χ2n) is 23.5. The van der Waals surface area contributed by atoms with Gasteiger partial charge in [-0.1, -0.05) is 0 Å². The number of esters is 3. The third-order valence-corrected chi connectivity index (χ3v) is 16.6. The van der Waals surface area contributed by atoms with Crippen LogP contribution in [0.15, 0.2) is 89.3 Å². The Kier molecular flexibility index (Phi) is 23.7. The summed E-state index contributed by atoms with van der Waals surface area (Å²) >= 11 is 0. The molecule has 5 aliphatic rings. The van der Waals surface area contributed by atoms with E-state index in [0.717, 1.165) is 36.4 Å². The highest BCUT2D eigenvalue weighted by Gasteiger charge is 2.51. The molecule has 1 aromatic heterocycles. The highest BCUT2D eigenvalue weighted by atomic mass is 16.7. The van der Waals surface area contributed by atoms with E-state index >= 15 is 0 Å². The first-order valence-corrected chi connectivity index (χ1v) is 30.5. The molecule has 25 unspecified atom stereocenters. The SMILES string of the molecule is O=C(O)CC(=O)OCC1OC(Oc2cc3c(O)cc(OC4OC(COC(=O)c5ccc(OC6OC(CO)C(O)C(O)C6O)cc5)C(O)C(O)C4O)cc3[o+]c2-c2ccc(O)c(OC3OC(COC(=O)c4ccc(OC5OC(CO)C(O)C(O)C5O)cc4)C(O)C(O)C3O)c2)C(O)C(O)C1O. The van der Waals surface area contributed by atoms with Gasteiger partial charge in [0.1, 0.15) is 177 Å². The lowest BCUT2D eigenvalue weighted by Crippen LogP contribution is -2.60. The van der Waals surface area contributed by atoms with Gasteiger partial charge in [0.15, 0.2) is 11.5 Å². The van der Waals surface area contributed by atoms with Gasteiger partial charge in [-0.25, -0.2) is 14.0 Å². The van der Waals surface area contributed by atoms with Gasteiger partial charge >= 0.3 is 35.2 Å². The van der Waals surface area contributed by atoms with E-state index in [1.807, 2.05) is 0 Å². The van der Waals surface area contributed by atoms with Crippen LogP contribution in [0.3, 0.4) is 0 Å². The third-order valence-electron chi connectivity index (χ3n) is 16.6. The number of phenolic OH excluding ortho intramolecular Hbond substituents is 2. The Morgan fingerprint density at radius 1 is 0.380 bits per heavy atom. The van der Waals surface area contributed by atoms with Crippen LogP contribution >= 0.6 is 0 Å². The summed E-state index contributed by atoms with van der Waals surface area (Å²) in [5.41, 5.74) is -0.780. The van der Waals surface area contributed by atoms with Crippen molar-refractivity contribution >= 4 is 34.8 Å². The Morgan fingerprint density at radius 3 is 1.16 bits per heavy atom. The number of aromatic hydroxyl groups is 2. The van der Waals surface area contributed by atoms with Crippen LogP contribution in [0.4, 0.5) is 0 Å². The number of fused-ring (bicyclic) bond motifs is 1. The van der Waals surface area contributed by atoms with E-state index in [9.17, 15) is 116 Å². The number of aliphatic carboxylic acids is 1. The highest BCUT2D eigenvalue weighted by molar-refractivity contribution is 5.91. The average Bonchev–Trinajstić information content (AvgIpc) is 0.761. The lowest BCUT2D eigenvalue weighted by atomic mass is 9.99. The van der Waals surface area contributed by atoms with Gasteiger partial charge in [0.2, 0.25) is 37.2 Å². The summed E-state index contributed by atoms with van der Waals surface area (Å²) in [6.45, 7) is -3.94. The molecule has 0 aliphatic carbocycles. The maximum absolute atomic E-state index is 13.2. The Balaban J connectivity index is 0.869. The van der Waals surface area contributed by atoms with Gasteiger partial charge in [-0.2, -0.15) is 0 Å². The van der Waals surface area contributed by atoms with Crippen LogP contribution in [-0.2, 0) is 47.5 Å². The van der Waals surface area contributed by atoms with Crippen LogP contribution in [0.2, 0.25) is 0 Å². The Hall–Kier alpha value is -8.11. The van der Waals surface area contributed by atoms with Crippen molar-refractivity contribution in [3.8, 4) is 51.6 Å². The van der Waals surface area contributed by atoms with Gasteiger partial charge in [0.25, 0.3) is 0 Å². The minimum absolute atomic E-state index is 0.00174. The van der Waals surface area contributed by atoms with Crippen LogP contribution in [0.25, 0.3) is 22.3 Å². The third kappa shape index (κ3) is 16.4. The van der Waals surface area contributed by atoms with E-state index in [0.29, 0.717) is 0 Å². The van der Waals surface area contributed by atoms with E-state index in [2.05, 4.69) is 0 Å². The minimum atomic E-state index is -2.15. The summed E-state index contributed by atoms with van der Waals surface area (Å²) < 4.78 is 78.7. The topological polar surface area (TPSA) is 604 Å². The molecule has 0 amide bonds. The summed E-state index contributed by atoms with van der Waals surface area (Å²) in [5, 5.41) is 211. The maximum atomic E-state index is 13.2. The van der Waals surface area contributed by atoms with E-state index < -0.39 is 251 Å². The lowest BCUT2D eigenvalue weighted by molar-refractivity contribution is -0.278. The molecule has 4 aromatic carbocycles. The molecular weight excluding hydrogens is 1350 g/mol. The first kappa shape index (κ1) is 74.6. The molecule has 5 fully saturated rings. The second-order valence-corrected chi connectivity index (χ2v) is 23.5. The van der Waals surface area contributed by atoms with Gasteiger partial charge in [0.05, 0.1) is 36.0 Å². The number of hydrogen-bond acceptors (Lipinski definition) is 36. The van der Waals surface area contributed by atoms with Gasteiger partial charge in [-0.3, -0.25) is 9.59 Å². The number of ether oxygens (including phenoxy) is 13. The van der Waals surface area contributed by atoms with Gasteiger partial charge in [-0.15, -0.1) is 0 Å². The predicted molar refractivity (Wildman–Crippen MR) is 317 cm³/mol. The van der Waals surface area contributed by atoms with Crippen molar-refractivity contribution in [3.63, 3.8) is 0 Å². The van der Waals surface area contributed by atoms with Crippen LogP contribution in [0.5, 0.6) is 40.2 Å². The molecule has 25 atom stereocenters. The van der Waals surface area contributed by atoms with Crippen molar-refractivity contribution in [3.05, 3.63) is 96.1 Å². The van der Waals surface area contributed by atoms with E-state index in [1.165, 1.54) is 48.5 Å². The zero-order chi connectivity index (χ0) is 72.3. The molecule has 5 aliphatic heterocycles. The quantitative estimate of drug-likeness (QED) is 0.0125. The second kappa shape index (κ2) is 31.8. The number of rotatable bonds is 23. The summed E-state index contributed by atoms with van der Waals surface area (Å²) in [4.78, 5) is 49.7. The van der Waals surface area contributed by atoms with Crippen molar-refractivity contribution in [1.82, 2.24) is 0 Å². The van der Waals surface area contributed by atoms with Crippen molar-refractivity contribution in [2.24, 2.45) is 0 Å². The Morgan fingerprint density at radius 2 is 0.750 bits per heavy atom. The molecule has 0 bridgehead atoms. The molecule has 100 heavy (non-hydrogen) atoms. The molecule has 38 nitrogen and oxygen atoms in total. The highest BCUT2D eigenvalue weighted by Crippen LogP contribution is 2.44. The molecule has 0 radical (unpaired) electrons. The number of carboxylic acids is 1. The molecule has 5 aromatic rings. The zero-order valence-electron chi connectivity index (χ0n) is 51.6. The molecule has 546 valence electrons. The normalized spacial score (nSPS) is 34.5. The smallest absolute Gasteiger partial charge is 0.402 e. The number of benzene rings is 4. The van der Waals surface area contributed by atoms with Crippen LogP contribution in [0, 0.1) is 0 Å². The van der Waals surface area contributed by atoms with Crippen molar-refractivity contribution in [2.75, 3.05) is 33.0 Å². The summed E-state index contributed by atoms with van der Waals surface area (Å²) in [5.74, 6) is -8.32. The average molecular weight is 1420 g/mol. The number of carbonyl (C=O) groups is 4. The van der Waals surface area contributed by atoms with E-state index in [4.69, 9.17) is 71.1 Å². The molecule has 20 N–H and O–H groups in total. The molecule has 10 rings (SSSR count). The summed E-state index contributed by atoms with van der Waals surface area (Å²) in [7, 11) is 0. The number of aliphatic hydroxyl groups excluding tert-OH is 17. The van der Waals surface area contributed by atoms with Crippen LogP contribution < -0.4 is 23.7 Å². The van der Waals surface area contributed by atoms with Gasteiger partial charge in [0, 0.05) is 18.2 Å². The molecule has 38 heteroatoms. The number of phenols is 2. The number of carbonyl (C=O) groups excluding carboxylic acids is 3. The molecule has 5 saturated heterocycles. The lowest BCUT2D eigenvalue weighted by Gasteiger charge is -2.40. The predicted octanol–water partition coefficient (Wildman–Crippen LogP) is -6.56. The van der Waals surface area contributed by atoms with Crippen LogP contribution in [0.1, 0.15) is 27.1 Å². The number of carboxylic acid groups (broad SMARTS) is 1. The minimum Gasteiger partial charge on any atom is -0.507 e. The Bertz CT molecular complexity index is 3630. The van der Waals surface area contributed by atoms with Crippen molar-refractivity contribution < 1.29 is 187 Å². The fourth-order valence-corrected chi connectivity index (χ4v) is 10.9. The fraction of sp³-hybridized carbons (Fsp3) is 0.500. The fourth-order valence-electron chi connectivity index (χ4n) is 10.9. The van der Waals surface area contributed by atoms with Crippen LogP contribution in [-0.4, -0.2) is 313 Å². The molecular formula is C62H71O38+. The first-order chi connectivity index (χ1) is 47.5. The summed E-state index contributed by atoms with van der Waals surface area (Å²) in [6, 6.07) is 16.1. The maximum Gasteiger partial charge on any atom is 0.402 e. The molecule has 0 spiro atoms. The monoisotopic (exact) mass is 1420 g/mol.